The van der Waals surface area contributed by atoms with Crippen LogP contribution >= 0.6 is 0 Å². The van der Waals surface area contributed by atoms with Crippen molar-refractivity contribution < 1.29 is 19.0 Å². The number of carbonyl (C=O) groups is 1. The Morgan fingerprint density at radius 1 is 0.893 bits per heavy atom. The first-order valence-electron chi connectivity index (χ1n) is 8.83. The fraction of sp³-hybridized carbons (Fsp3) is 0.174. The Bertz CT molecular complexity index is 911. The second kappa shape index (κ2) is 10.1. The predicted octanol–water partition coefficient (Wildman–Crippen LogP) is 3.65. The molecule has 0 N–H and O–H groups in total. The van der Waals surface area contributed by atoms with E-state index in [4.69, 9.17) is 14.2 Å². The molecule has 3 aromatic rings. The maximum absolute atomic E-state index is 12.5. The van der Waals surface area contributed by atoms with Gasteiger partial charge in [0.05, 0.1) is 0 Å². The van der Waals surface area contributed by atoms with Crippen LogP contribution in [-0.4, -0.2) is 41.9 Å². The van der Waals surface area contributed by atoms with Crippen LogP contribution < -0.4 is 9.20 Å². The van der Waals surface area contributed by atoms with Crippen molar-refractivity contribution in [2.24, 2.45) is 0 Å². The Balaban J connectivity index is 2.05. The molecule has 0 saturated heterocycles. The van der Waals surface area contributed by atoms with Gasteiger partial charge in [-0.3, -0.25) is 0 Å². The van der Waals surface area contributed by atoms with E-state index in [1.807, 2.05) is 54.6 Å². The van der Waals surface area contributed by atoms with Gasteiger partial charge in [-0.25, -0.2) is 0 Å². The standard InChI is InChI=1S/C23H22O4Se/c1-25-16-27-21-14-18(17-9-5-3-6-10-17)13-19(22(21)23(24)26-2)15-28-20-11-7-4-8-12-20/h3-14H,15-16H2,1-2H3. The zero-order valence-corrected chi connectivity index (χ0v) is 17.6. The van der Waals surface area contributed by atoms with Crippen LogP contribution in [0, 0.1) is 0 Å². The number of benzene rings is 3. The van der Waals surface area contributed by atoms with E-state index in [9.17, 15) is 4.79 Å². The van der Waals surface area contributed by atoms with Gasteiger partial charge in [0.25, 0.3) is 0 Å². The molecule has 5 heteroatoms. The normalized spacial score (nSPS) is 10.5. The van der Waals surface area contributed by atoms with E-state index in [-0.39, 0.29) is 21.7 Å². The first-order valence-corrected chi connectivity index (χ1v) is 10.9. The molecular formula is C23H22O4Se. The Morgan fingerprint density at radius 3 is 2.21 bits per heavy atom. The summed E-state index contributed by atoms with van der Waals surface area (Å²) in [5.74, 6) is 0.0819. The van der Waals surface area contributed by atoms with Gasteiger partial charge in [0.15, 0.2) is 0 Å². The molecule has 0 heterocycles. The van der Waals surface area contributed by atoms with Gasteiger partial charge in [-0.05, 0) is 0 Å². The first kappa shape index (κ1) is 20.2. The van der Waals surface area contributed by atoms with Crippen molar-refractivity contribution in [3.63, 3.8) is 0 Å². The van der Waals surface area contributed by atoms with Crippen LogP contribution in [0.15, 0.2) is 72.8 Å². The van der Waals surface area contributed by atoms with Crippen molar-refractivity contribution in [1.29, 1.82) is 0 Å². The minimum atomic E-state index is -0.399. The summed E-state index contributed by atoms with van der Waals surface area (Å²) in [6.45, 7) is 0.0610. The predicted molar refractivity (Wildman–Crippen MR) is 111 cm³/mol. The molecule has 28 heavy (non-hydrogen) atoms. The van der Waals surface area contributed by atoms with Crippen molar-refractivity contribution in [1.82, 2.24) is 0 Å². The summed E-state index contributed by atoms with van der Waals surface area (Å²) in [6, 6.07) is 24.3. The SMILES string of the molecule is COCOc1cc(-c2ccccc2)cc(C[Se]c2ccccc2)c1C(=O)OC. The summed E-state index contributed by atoms with van der Waals surface area (Å²) in [7, 11) is 2.94. The summed E-state index contributed by atoms with van der Waals surface area (Å²) in [5, 5.41) is 0.755. The van der Waals surface area contributed by atoms with E-state index in [1.165, 1.54) is 11.6 Å². The molecule has 0 aliphatic rings. The topological polar surface area (TPSA) is 44.8 Å². The minimum absolute atomic E-state index is 0.0610. The quantitative estimate of drug-likeness (QED) is 0.304. The number of carbonyl (C=O) groups excluding carboxylic acids is 1. The van der Waals surface area contributed by atoms with Crippen molar-refractivity contribution in [3.8, 4) is 16.9 Å². The van der Waals surface area contributed by atoms with E-state index in [0.29, 0.717) is 11.3 Å². The second-order valence-electron chi connectivity index (χ2n) is 6.02. The average Bonchev–Trinajstić information content (AvgIpc) is 2.76. The number of methoxy groups -OCH3 is 2. The zero-order valence-electron chi connectivity index (χ0n) is 15.9. The Morgan fingerprint density at radius 2 is 1.57 bits per heavy atom. The van der Waals surface area contributed by atoms with E-state index >= 15 is 0 Å². The monoisotopic (exact) mass is 442 g/mol. The molecular weight excluding hydrogens is 419 g/mol. The number of hydrogen-bond acceptors (Lipinski definition) is 4. The fourth-order valence-corrected chi connectivity index (χ4v) is 4.72. The van der Waals surface area contributed by atoms with Crippen molar-refractivity contribution in [2.75, 3.05) is 21.0 Å². The molecule has 0 aromatic heterocycles. The third-order valence-electron chi connectivity index (χ3n) is 4.15. The summed E-state index contributed by atoms with van der Waals surface area (Å²) in [5.41, 5.74) is 3.45. The molecule has 3 aromatic carbocycles. The number of hydrogen-bond donors (Lipinski definition) is 0. The summed E-state index contributed by atoms with van der Waals surface area (Å²) in [6.07, 6.45) is 0. The van der Waals surface area contributed by atoms with Gasteiger partial charge in [0.2, 0.25) is 0 Å². The van der Waals surface area contributed by atoms with E-state index in [1.54, 1.807) is 7.11 Å². The van der Waals surface area contributed by atoms with Crippen LogP contribution in [0.3, 0.4) is 0 Å². The molecule has 0 saturated carbocycles. The van der Waals surface area contributed by atoms with Crippen LogP contribution in [0.1, 0.15) is 15.9 Å². The maximum atomic E-state index is 12.5. The number of rotatable bonds is 8. The Labute approximate surface area is 171 Å². The van der Waals surface area contributed by atoms with Gasteiger partial charge in [-0.2, -0.15) is 0 Å². The third kappa shape index (κ3) is 5.02. The van der Waals surface area contributed by atoms with Crippen LogP contribution in [0.5, 0.6) is 5.75 Å². The van der Waals surface area contributed by atoms with Crippen molar-refractivity contribution >= 4 is 25.4 Å². The third-order valence-corrected chi connectivity index (χ3v) is 6.38. The second-order valence-corrected chi connectivity index (χ2v) is 8.22. The van der Waals surface area contributed by atoms with Crippen LogP contribution in [0.2, 0.25) is 0 Å². The molecule has 0 spiro atoms. The van der Waals surface area contributed by atoms with Gasteiger partial charge in [-0.15, -0.1) is 0 Å². The van der Waals surface area contributed by atoms with Crippen LogP contribution in [-0.2, 0) is 14.8 Å². The summed E-state index contributed by atoms with van der Waals surface area (Å²) in [4.78, 5) is 12.5. The Hall–Kier alpha value is -2.59. The molecule has 0 bridgehead atoms. The Kier molecular flexibility index (Phi) is 7.26. The molecule has 144 valence electrons. The number of esters is 1. The molecule has 0 aliphatic carbocycles. The van der Waals surface area contributed by atoms with Gasteiger partial charge < -0.3 is 0 Å². The molecule has 0 fully saturated rings. The van der Waals surface area contributed by atoms with Crippen molar-refractivity contribution in [3.05, 3.63) is 83.9 Å². The molecule has 4 nitrogen and oxygen atoms in total. The van der Waals surface area contributed by atoms with Gasteiger partial charge in [0, 0.05) is 0 Å². The molecule has 0 atom stereocenters. The van der Waals surface area contributed by atoms with Gasteiger partial charge >= 0.3 is 172 Å². The molecule has 0 radical (unpaired) electrons. The first-order chi connectivity index (χ1) is 13.7. The van der Waals surface area contributed by atoms with Gasteiger partial charge in [0.1, 0.15) is 0 Å². The molecule has 0 aliphatic heterocycles. The van der Waals surface area contributed by atoms with Gasteiger partial charge in [-0.1, -0.05) is 0 Å². The van der Waals surface area contributed by atoms with Crippen LogP contribution in [0.4, 0.5) is 0 Å². The van der Waals surface area contributed by atoms with Crippen molar-refractivity contribution in [2.45, 2.75) is 5.32 Å². The fourth-order valence-electron chi connectivity index (χ4n) is 2.83. The summed E-state index contributed by atoms with van der Waals surface area (Å²) >= 11 is 0.178. The zero-order chi connectivity index (χ0) is 19.8. The summed E-state index contributed by atoms with van der Waals surface area (Å²) < 4.78 is 17.1. The molecule has 0 amide bonds. The van der Waals surface area contributed by atoms with E-state index in [2.05, 4.69) is 18.2 Å². The van der Waals surface area contributed by atoms with E-state index in [0.717, 1.165) is 22.0 Å². The average molecular weight is 441 g/mol. The molecule has 0 unspecified atom stereocenters. The van der Waals surface area contributed by atoms with Crippen LogP contribution in [0.25, 0.3) is 11.1 Å². The molecule has 3 rings (SSSR count). The number of ether oxygens (including phenoxy) is 3. The van der Waals surface area contributed by atoms with E-state index < -0.39 is 5.97 Å².